The molecule has 2 amide bonds. The maximum Gasteiger partial charge on any atom is 0.239 e. The fourth-order valence-corrected chi connectivity index (χ4v) is 3.07. The van der Waals surface area contributed by atoms with Crippen LogP contribution in [0.1, 0.15) is 6.42 Å². The van der Waals surface area contributed by atoms with Crippen LogP contribution in [0.2, 0.25) is 0 Å². The number of ether oxygens (including phenoxy) is 1. The van der Waals surface area contributed by atoms with Crippen LogP contribution in [0.4, 0.5) is 5.69 Å². The standard InChI is InChI=1S/C17H23N3O3/c21-16(18-7-9-19-10-12-23-13-11-19)15-6-8-20(17(15)22)14-4-2-1-3-5-14/h1-5,15H,6-13H2,(H,18,21)/t15-/m1/s1. The van der Waals surface area contributed by atoms with Gasteiger partial charge in [-0.25, -0.2) is 0 Å². The van der Waals surface area contributed by atoms with Crippen LogP contribution in [0.15, 0.2) is 30.3 Å². The van der Waals surface area contributed by atoms with E-state index in [1.165, 1.54) is 0 Å². The third-order valence-electron chi connectivity index (χ3n) is 4.42. The van der Waals surface area contributed by atoms with Crippen molar-refractivity contribution in [2.24, 2.45) is 5.92 Å². The van der Waals surface area contributed by atoms with E-state index in [9.17, 15) is 9.59 Å². The Kier molecular flexibility index (Phi) is 5.25. The first-order chi connectivity index (χ1) is 11.3. The molecule has 1 aromatic carbocycles. The molecule has 2 saturated heterocycles. The molecule has 3 rings (SSSR count). The number of carbonyl (C=O) groups is 2. The highest BCUT2D eigenvalue weighted by Crippen LogP contribution is 2.24. The summed E-state index contributed by atoms with van der Waals surface area (Å²) in [6, 6.07) is 9.52. The largest absolute Gasteiger partial charge is 0.379 e. The van der Waals surface area contributed by atoms with Gasteiger partial charge in [-0.15, -0.1) is 0 Å². The van der Waals surface area contributed by atoms with Gasteiger partial charge in [0.25, 0.3) is 0 Å². The Labute approximate surface area is 136 Å². The van der Waals surface area contributed by atoms with Gasteiger partial charge in [-0.05, 0) is 18.6 Å². The monoisotopic (exact) mass is 317 g/mol. The minimum absolute atomic E-state index is 0.0972. The van der Waals surface area contributed by atoms with Crippen LogP contribution >= 0.6 is 0 Å². The van der Waals surface area contributed by atoms with E-state index < -0.39 is 5.92 Å². The van der Waals surface area contributed by atoms with Gasteiger partial charge in [-0.3, -0.25) is 14.5 Å². The van der Waals surface area contributed by atoms with Gasteiger partial charge in [-0.1, -0.05) is 18.2 Å². The van der Waals surface area contributed by atoms with Crippen molar-refractivity contribution in [1.82, 2.24) is 10.2 Å². The Hall–Kier alpha value is -1.92. The lowest BCUT2D eigenvalue weighted by atomic mass is 10.1. The van der Waals surface area contributed by atoms with Crippen LogP contribution < -0.4 is 10.2 Å². The summed E-state index contributed by atoms with van der Waals surface area (Å²) in [7, 11) is 0. The summed E-state index contributed by atoms with van der Waals surface area (Å²) in [6.45, 7) is 5.29. The third kappa shape index (κ3) is 3.89. The number of amides is 2. The van der Waals surface area contributed by atoms with E-state index in [1.54, 1.807) is 4.90 Å². The average Bonchev–Trinajstić information content (AvgIpc) is 2.98. The van der Waals surface area contributed by atoms with Crippen molar-refractivity contribution >= 4 is 17.5 Å². The van der Waals surface area contributed by atoms with Crippen molar-refractivity contribution in [3.63, 3.8) is 0 Å². The number of hydrogen-bond donors (Lipinski definition) is 1. The van der Waals surface area contributed by atoms with E-state index in [4.69, 9.17) is 4.74 Å². The van der Waals surface area contributed by atoms with Gasteiger partial charge < -0.3 is 15.0 Å². The lowest BCUT2D eigenvalue weighted by Gasteiger charge is -2.26. The molecule has 1 atom stereocenters. The summed E-state index contributed by atoms with van der Waals surface area (Å²) in [6.07, 6.45) is 0.580. The highest BCUT2D eigenvalue weighted by atomic mass is 16.5. The number of nitrogens with one attached hydrogen (secondary N) is 1. The Bertz CT molecular complexity index is 543. The summed E-state index contributed by atoms with van der Waals surface area (Å²) < 4.78 is 5.30. The minimum Gasteiger partial charge on any atom is -0.379 e. The Morgan fingerprint density at radius 3 is 2.65 bits per heavy atom. The molecule has 2 aliphatic heterocycles. The minimum atomic E-state index is -0.556. The van der Waals surface area contributed by atoms with Gasteiger partial charge in [0.15, 0.2) is 0 Å². The molecule has 2 fully saturated rings. The molecule has 2 aliphatic rings. The zero-order chi connectivity index (χ0) is 16.1. The Balaban J connectivity index is 1.47. The molecule has 0 aliphatic carbocycles. The van der Waals surface area contributed by atoms with Gasteiger partial charge in [0.1, 0.15) is 5.92 Å². The Morgan fingerprint density at radius 1 is 1.17 bits per heavy atom. The molecule has 0 bridgehead atoms. The molecule has 0 spiro atoms. The smallest absolute Gasteiger partial charge is 0.239 e. The van der Waals surface area contributed by atoms with Crippen LogP contribution in [0, 0.1) is 5.92 Å². The normalized spacial score (nSPS) is 22.3. The van der Waals surface area contributed by atoms with Crippen molar-refractivity contribution in [2.45, 2.75) is 6.42 Å². The van der Waals surface area contributed by atoms with Gasteiger partial charge in [0, 0.05) is 38.4 Å². The Morgan fingerprint density at radius 2 is 1.91 bits per heavy atom. The SMILES string of the molecule is O=C(NCCN1CCOCC1)[C@H]1CCN(c2ccccc2)C1=O. The van der Waals surface area contributed by atoms with Gasteiger partial charge in [0.05, 0.1) is 13.2 Å². The fourth-order valence-electron chi connectivity index (χ4n) is 3.07. The third-order valence-corrected chi connectivity index (χ3v) is 4.42. The molecule has 2 heterocycles. The second-order valence-corrected chi connectivity index (χ2v) is 5.91. The van der Waals surface area contributed by atoms with Crippen LogP contribution in [0.3, 0.4) is 0 Å². The number of anilines is 1. The van der Waals surface area contributed by atoms with E-state index >= 15 is 0 Å². The molecule has 0 radical (unpaired) electrons. The van der Waals surface area contributed by atoms with Crippen molar-refractivity contribution in [2.75, 3.05) is 50.8 Å². The molecule has 124 valence electrons. The first kappa shape index (κ1) is 16.0. The van der Waals surface area contributed by atoms with Crippen molar-refractivity contribution < 1.29 is 14.3 Å². The molecule has 6 heteroatoms. The summed E-state index contributed by atoms with van der Waals surface area (Å²) in [4.78, 5) is 28.7. The molecule has 6 nitrogen and oxygen atoms in total. The fraction of sp³-hybridized carbons (Fsp3) is 0.529. The van der Waals surface area contributed by atoms with Crippen molar-refractivity contribution in [1.29, 1.82) is 0 Å². The van der Waals surface area contributed by atoms with Gasteiger partial charge in [-0.2, -0.15) is 0 Å². The molecular formula is C17H23N3O3. The van der Waals surface area contributed by atoms with Crippen LogP contribution in [-0.2, 0) is 14.3 Å². The number of nitrogens with zero attached hydrogens (tertiary/aromatic N) is 2. The summed E-state index contributed by atoms with van der Waals surface area (Å²) in [5.74, 6) is -0.804. The topological polar surface area (TPSA) is 61.9 Å². The average molecular weight is 317 g/mol. The van der Waals surface area contributed by atoms with Crippen LogP contribution in [0.5, 0.6) is 0 Å². The first-order valence-corrected chi connectivity index (χ1v) is 8.20. The number of para-hydroxylation sites is 1. The second kappa shape index (κ2) is 7.57. The molecule has 0 aromatic heterocycles. The van der Waals surface area contributed by atoms with Crippen LogP contribution in [-0.4, -0.2) is 62.7 Å². The van der Waals surface area contributed by atoms with Crippen molar-refractivity contribution in [3.8, 4) is 0 Å². The van der Waals surface area contributed by atoms with E-state index in [0.717, 1.165) is 38.5 Å². The lowest BCUT2D eigenvalue weighted by molar-refractivity contribution is -0.132. The lowest BCUT2D eigenvalue weighted by Crippen LogP contribution is -2.43. The van der Waals surface area contributed by atoms with Gasteiger partial charge in [0.2, 0.25) is 11.8 Å². The highest BCUT2D eigenvalue weighted by Gasteiger charge is 2.37. The molecule has 23 heavy (non-hydrogen) atoms. The quantitative estimate of drug-likeness (QED) is 0.803. The number of carbonyl (C=O) groups excluding carboxylic acids is 2. The molecule has 0 unspecified atom stereocenters. The second-order valence-electron chi connectivity index (χ2n) is 5.91. The summed E-state index contributed by atoms with van der Waals surface area (Å²) >= 11 is 0. The van der Waals surface area contributed by atoms with E-state index in [1.807, 2.05) is 30.3 Å². The summed E-state index contributed by atoms with van der Waals surface area (Å²) in [5.41, 5.74) is 0.862. The van der Waals surface area contributed by atoms with E-state index in [2.05, 4.69) is 10.2 Å². The summed E-state index contributed by atoms with van der Waals surface area (Å²) in [5, 5.41) is 2.91. The predicted molar refractivity (Wildman–Crippen MR) is 87.2 cm³/mol. The van der Waals surface area contributed by atoms with Crippen molar-refractivity contribution in [3.05, 3.63) is 30.3 Å². The zero-order valence-electron chi connectivity index (χ0n) is 13.2. The number of rotatable bonds is 5. The van der Waals surface area contributed by atoms with Gasteiger partial charge >= 0.3 is 0 Å². The van der Waals surface area contributed by atoms with Crippen LogP contribution in [0.25, 0.3) is 0 Å². The number of hydrogen-bond acceptors (Lipinski definition) is 4. The number of benzene rings is 1. The number of morpholine rings is 1. The first-order valence-electron chi connectivity index (χ1n) is 8.20. The predicted octanol–water partition coefficient (Wildman–Crippen LogP) is 0.488. The molecule has 1 N–H and O–H groups in total. The molecular weight excluding hydrogens is 294 g/mol. The molecule has 0 saturated carbocycles. The zero-order valence-corrected chi connectivity index (χ0v) is 13.2. The van der Waals surface area contributed by atoms with E-state index in [-0.39, 0.29) is 11.8 Å². The maximum absolute atomic E-state index is 12.5. The maximum atomic E-state index is 12.5. The molecule has 1 aromatic rings. The van der Waals surface area contributed by atoms with E-state index in [0.29, 0.717) is 19.5 Å². The highest BCUT2D eigenvalue weighted by molar-refractivity contribution is 6.09.